The normalized spacial score (nSPS) is 32.1. The van der Waals surface area contributed by atoms with Gasteiger partial charge >= 0.3 is 0 Å². The lowest BCUT2D eigenvalue weighted by molar-refractivity contribution is 0.584. The summed E-state index contributed by atoms with van der Waals surface area (Å²) >= 11 is 6.79. The Kier molecular flexibility index (Phi) is 2.68. The van der Waals surface area contributed by atoms with Gasteiger partial charge in [-0.15, -0.1) is 0 Å². The largest absolute Gasteiger partial charge is 0.270 e. The molecule has 0 spiro atoms. The summed E-state index contributed by atoms with van der Waals surface area (Å²) in [7, 11) is 0. The summed E-state index contributed by atoms with van der Waals surface area (Å²) in [5, 5.41) is 0. The SMILES string of the molecule is NNC1(Br)C=CC(Br)=CC1. The number of halogens is 2. The molecule has 0 bridgehead atoms. The standard InChI is InChI=1S/C6H8Br2N2/c7-5-1-3-6(8,10-9)4-2-5/h1-3,10H,4,9H2. The zero-order valence-corrected chi connectivity index (χ0v) is 8.44. The topological polar surface area (TPSA) is 38.0 Å². The second-order valence-electron chi connectivity index (χ2n) is 2.13. The molecule has 1 unspecified atom stereocenters. The summed E-state index contributed by atoms with van der Waals surface area (Å²) in [4.78, 5) is 0. The van der Waals surface area contributed by atoms with E-state index in [4.69, 9.17) is 5.84 Å². The molecule has 0 radical (unpaired) electrons. The molecule has 0 aromatic heterocycles. The summed E-state index contributed by atoms with van der Waals surface area (Å²) in [6, 6.07) is 0. The average Bonchev–Trinajstić information content (AvgIpc) is 1.96. The van der Waals surface area contributed by atoms with Crippen molar-refractivity contribution in [3.63, 3.8) is 0 Å². The number of rotatable bonds is 1. The van der Waals surface area contributed by atoms with Crippen LogP contribution >= 0.6 is 31.9 Å². The first-order valence-corrected chi connectivity index (χ1v) is 4.46. The van der Waals surface area contributed by atoms with Crippen molar-refractivity contribution in [2.24, 2.45) is 5.84 Å². The molecule has 4 heteroatoms. The molecule has 0 saturated carbocycles. The Morgan fingerprint density at radius 2 is 2.40 bits per heavy atom. The highest BCUT2D eigenvalue weighted by atomic mass is 79.9. The number of hydrogen-bond donors (Lipinski definition) is 2. The fourth-order valence-corrected chi connectivity index (χ4v) is 1.29. The molecule has 10 heavy (non-hydrogen) atoms. The van der Waals surface area contributed by atoms with Crippen LogP contribution in [0.1, 0.15) is 6.42 Å². The highest BCUT2D eigenvalue weighted by Gasteiger charge is 2.21. The van der Waals surface area contributed by atoms with Gasteiger partial charge in [0.25, 0.3) is 0 Å². The van der Waals surface area contributed by atoms with E-state index in [-0.39, 0.29) is 4.45 Å². The fraction of sp³-hybridized carbons (Fsp3) is 0.333. The minimum atomic E-state index is -0.246. The first-order chi connectivity index (χ1) is 4.66. The van der Waals surface area contributed by atoms with E-state index in [0.29, 0.717) is 0 Å². The number of nitrogens with one attached hydrogen (secondary N) is 1. The lowest BCUT2D eigenvalue weighted by Crippen LogP contribution is -2.42. The Labute approximate surface area is 76.8 Å². The van der Waals surface area contributed by atoms with Crippen molar-refractivity contribution in [1.82, 2.24) is 5.43 Å². The molecule has 0 fully saturated rings. The third-order valence-electron chi connectivity index (χ3n) is 1.34. The Bertz CT molecular complexity index is 188. The Morgan fingerprint density at radius 3 is 2.80 bits per heavy atom. The molecule has 0 saturated heterocycles. The average molecular weight is 268 g/mol. The molecule has 0 aromatic rings. The molecule has 1 aliphatic carbocycles. The predicted octanol–water partition coefficient (Wildman–Crippen LogP) is 1.78. The van der Waals surface area contributed by atoms with Crippen LogP contribution in [0.15, 0.2) is 22.7 Å². The number of hydrogen-bond acceptors (Lipinski definition) is 2. The highest BCUT2D eigenvalue weighted by Crippen LogP contribution is 2.27. The van der Waals surface area contributed by atoms with Crippen molar-refractivity contribution >= 4 is 31.9 Å². The maximum absolute atomic E-state index is 5.29. The first kappa shape index (κ1) is 8.46. The van der Waals surface area contributed by atoms with Crippen molar-refractivity contribution in [2.75, 3.05) is 0 Å². The van der Waals surface area contributed by atoms with E-state index >= 15 is 0 Å². The molecule has 0 aromatic carbocycles. The lowest BCUT2D eigenvalue weighted by Gasteiger charge is -2.23. The second-order valence-corrected chi connectivity index (χ2v) is 4.46. The van der Waals surface area contributed by atoms with Gasteiger partial charge in [-0.1, -0.05) is 44.0 Å². The molecule has 56 valence electrons. The van der Waals surface area contributed by atoms with E-state index in [1.807, 2.05) is 12.2 Å². The van der Waals surface area contributed by atoms with Gasteiger partial charge in [0.1, 0.15) is 4.45 Å². The smallest absolute Gasteiger partial charge is 0.109 e. The molecule has 0 heterocycles. The molecular weight excluding hydrogens is 260 g/mol. The van der Waals surface area contributed by atoms with Crippen LogP contribution in [0.4, 0.5) is 0 Å². The zero-order valence-electron chi connectivity index (χ0n) is 5.27. The quantitative estimate of drug-likeness (QED) is 0.329. The van der Waals surface area contributed by atoms with Gasteiger partial charge in [0, 0.05) is 4.48 Å². The van der Waals surface area contributed by atoms with Crippen LogP contribution in [0.2, 0.25) is 0 Å². The Hall–Kier alpha value is 0.360. The van der Waals surface area contributed by atoms with Gasteiger partial charge < -0.3 is 0 Å². The minimum absolute atomic E-state index is 0.246. The maximum Gasteiger partial charge on any atom is 0.109 e. The van der Waals surface area contributed by atoms with Crippen LogP contribution in [0, 0.1) is 0 Å². The molecule has 1 aliphatic rings. The summed E-state index contributed by atoms with van der Waals surface area (Å²) in [6.07, 6.45) is 6.82. The highest BCUT2D eigenvalue weighted by molar-refractivity contribution is 9.12. The van der Waals surface area contributed by atoms with Crippen molar-refractivity contribution in [1.29, 1.82) is 0 Å². The third-order valence-corrected chi connectivity index (χ3v) is 2.75. The number of hydrazine groups is 1. The van der Waals surface area contributed by atoms with Gasteiger partial charge in [0.2, 0.25) is 0 Å². The molecule has 0 amide bonds. The summed E-state index contributed by atoms with van der Waals surface area (Å²) in [5.41, 5.74) is 2.67. The van der Waals surface area contributed by atoms with Gasteiger partial charge in [0.15, 0.2) is 0 Å². The van der Waals surface area contributed by atoms with Crippen LogP contribution in [0.5, 0.6) is 0 Å². The van der Waals surface area contributed by atoms with Gasteiger partial charge in [-0.3, -0.25) is 5.84 Å². The molecule has 2 nitrogen and oxygen atoms in total. The third kappa shape index (κ3) is 1.92. The van der Waals surface area contributed by atoms with Crippen LogP contribution in [0.3, 0.4) is 0 Å². The Balaban J connectivity index is 2.67. The van der Waals surface area contributed by atoms with Crippen LogP contribution in [0.25, 0.3) is 0 Å². The van der Waals surface area contributed by atoms with E-state index in [9.17, 15) is 0 Å². The second kappa shape index (κ2) is 3.17. The molecule has 1 rings (SSSR count). The maximum atomic E-state index is 5.29. The Morgan fingerprint density at radius 1 is 1.70 bits per heavy atom. The molecular formula is C6H8Br2N2. The number of alkyl halides is 1. The zero-order chi connectivity index (χ0) is 7.61. The van der Waals surface area contributed by atoms with Crippen molar-refractivity contribution in [3.05, 3.63) is 22.7 Å². The van der Waals surface area contributed by atoms with E-state index in [1.54, 1.807) is 0 Å². The summed E-state index contributed by atoms with van der Waals surface area (Å²) < 4.78 is 0.849. The van der Waals surface area contributed by atoms with Gasteiger partial charge in [-0.2, -0.15) is 0 Å². The molecule has 3 N–H and O–H groups in total. The molecule has 1 atom stereocenters. The minimum Gasteiger partial charge on any atom is -0.270 e. The monoisotopic (exact) mass is 266 g/mol. The van der Waals surface area contributed by atoms with E-state index in [0.717, 1.165) is 10.9 Å². The van der Waals surface area contributed by atoms with Crippen LogP contribution in [-0.2, 0) is 0 Å². The van der Waals surface area contributed by atoms with Gasteiger partial charge in [-0.05, 0) is 12.5 Å². The van der Waals surface area contributed by atoms with Crippen LogP contribution in [-0.4, -0.2) is 4.45 Å². The van der Waals surface area contributed by atoms with E-state index in [1.165, 1.54) is 0 Å². The number of nitrogens with two attached hydrogens (primary N) is 1. The predicted molar refractivity (Wildman–Crippen MR) is 49.7 cm³/mol. The number of allylic oxidation sites excluding steroid dienone is 2. The molecule has 0 aliphatic heterocycles. The summed E-state index contributed by atoms with van der Waals surface area (Å²) in [5.74, 6) is 5.29. The summed E-state index contributed by atoms with van der Waals surface area (Å²) in [6.45, 7) is 0. The first-order valence-electron chi connectivity index (χ1n) is 2.88. The van der Waals surface area contributed by atoms with Crippen molar-refractivity contribution in [3.8, 4) is 0 Å². The van der Waals surface area contributed by atoms with Gasteiger partial charge in [0.05, 0.1) is 0 Å². The fourth-order valence-electron chi connectivity index (χ4n) is 0.701. The van der Waals surface area contributed by atoms with E-state index in [2.05, 4.69) is 43.4 Å². The van der Waals surface area contributed by atoms with Crippen LogP contribution < -0.4 is 11.3 Å². The van der Waals surface area contributed by atoms with Crippen molar-refractivity contribution in [2.45, 2.75) is 10.9 Å². The van der Waals surface area contributed by atoms with Crippen molar-refractivity contribution < 1.29 is 0 Å². The lowest BCUT2D eigenvalue weighted by atomic mass is 10.1. The van der Waals surface area contributed by atoms with E-state index < -0.39 is 0 Å². The van der Waals surface area contributed by atoms with Gasteiger partial charge in [-0.25, -0.2) is 5.43 Å².